The third-order valence-electron chi connectivity index (χ3n) is 5.39. The van der Waals surface area contributed by atoms with Crippen LogP contribution in [0.2, 0.25) is 5.02 Å². The van der Waals surface area contributed by atoms with Crippen LogP contribution in [0.1, 0.15) is 35.3 Å². The summed E-state index contributed by atoms with van der Waals surface area (Å²) >= 11 is 6.20. The fourth-order valence-corrected chi connectivity index (χ4v) is 3.85. The molecule has 0 radical (unpaired) electrons. The zero-order valence-electron chi connectivity index (χ0n) is 17.1. The summed E-state index contributed by atoms with van der Waals surface area (Å²) in [7, 11) is 0. The van der Waals surface area contributed by atoms with Gasteiger partial charge in [0.05, 0.1) is 27.2 Å². The molecule has 0 saturated carbocycles. The number of nitrogens with zero attached hydrogens (tertiary/aromatic N) is 2. The number of pyridine rings is 1. The number of H-pyrrole nitrogens is 2. The molecule has 1 aromatic carbocycles. The molecule has 0 aliphatic carbocycles. The second kappa shape index (κ2) is 8.34. The van der Waals surface area contributed by atoms with Crippen LogP contribution in [-0.4, -0.2) is 39.9 Å². The molecule has 1 aliphatic heterocycles. The van der Waals surface area contributed by atoms with Crippen LogP contribution < -0.4 is 21.5 Å². The van der Waals surface area contributed by atoms with Crippen LogP contribution in [0.3, 0.4) is 0 Å². The second-order valence-corrected chi connectivity index (χ2v) is 8.15. The molecule has 3 heterocycles. The van der Waals surface area contributed by atoms with Crippen LogP contribution in [0, 0.1) is 6.92 Å². The van der Waals surface area contributed by atoms with Crippen molar-refractivity contribution in [1.82, 2.24) is 15.0 Å². The van der Waals surface area contributed by atoms with Crippen molar-refractivity contribution in [1.29, 1.82) is 0 Å². The SMILES string of the molecule is Cc1nc(N2CCCC(F)(F)CC2)c(C(=O)Nc2ccc3c(=O)[nH]c(=O)[nH]c3c2)cc1Cl. The number of hydrogen-bond acceptors (Lipinski definition) is 5. The predicted octanol–water partition coefficient (Wildman–Crippen LogP) is 3.45. The Kier molecular flexibility index (Phi) is 5.72. The molecule has 1 aliphatic rings. The number of aromatic nitrogens is 3. The van der Waals surface area contributed by atoms with E-state index in [9.17, 15) is 23.2 Å². The number of fused-ring (bicyclic) bond motifs is 1. The van der Waals surface area contributed by atoms with Gasteiger partial charge < -0.3 is 15.2 Å². The molecule has 0 spiro atoms. The van der Waals surface area contributed by atoms with Crippen molar-refractivity contribution >= 4 is 39.9 Å². The number of rotatable bonds is 3. The Hall–Kier alpha value is -3.27. The first-order chi connectivity index (χ1) is 15.1. The van der Waals surface area contributed by atoms with Gasteiger partial charge in [0.1, 0.15) is 5.82 Å². The van der Waals surface area contributed by atoms with Gasteiger partial charge in [-0.05, 0) is 37.6 Å². The van der Waals surface area contributed by atoms with Gasteiger partial charge in [-0.25, -0.2) is 18.6 Å². The number of aryl methyl sites for hydroxylation is 1. The quantitative estimate of drug-likeness (QED) is 0.551. The number of hydrogen-bond donors (Lipinski definition) is 3. The summed E-state index contributed by atoms with van der Waals surface area (Å²) in [6.07, 6.45) is -0.278. The van der Waals surface area contributed by atoms with E-state index in [0.717, 1.165) is 0 Å². The fraction of sp³-hybridized carbons (Fsp3) is 0.333. The summed E-state index contributed by atoms with van der Waals surface area (Å²) in [6.45, 7) is 2.07. The first-order valence-corrected chi connectivity index (χ1v) is 10.4. The summed E-state index contributed by atoms with van der Waals surface area (Å²) in [5.74, 6) is -3.01. The zero-order chi connectivity index (χ0) is 23.0. The lowest BCUT2D eigenvalue weighted by Gasteiger charge is -2.24. The van der Waals surface area contributed by atoms with Crippen LogP contribution in [0.4, 0.5) is 20.3 Å². The predicted molar refractivity (Wildman–Crippen MR) is 118 cm³/mol. The van der Waals surface area contributed by atoms with Crippen LogP contribution in [0.5, 0.6) is 0 Å². The number of anilines is 2. The number of benzene rings is 1. The number of alkyl halides is 2. The fourth-order valence-electron chi connectivity index (χ4n) is 3.70. The Bertz CT molecular complexity index is 1320. The Morgan fingerprint density at radius 2 is 1.97 bits per heavy atom. The summed E-state index contributed by atoms with van der Waals surface area (Å²) in [5.41, 5.74) is -0.000400. The number of aromatic amines is 2. The van der Waals surface area contributed by atoms with E-state index < -0.39 is 23.1 Å². The van der Waals surface area contributed by atoms with Crippen molar-refractivity contribution in [2.24, 2.45) is 0 Å². The van der Waals surface area contributed by atoms with Gasteiger partial charge in [0.15, 0.2) is 0 Å². The highest BCUT2D eigenvalue weighted by molar-refractivity contribution is 6.31. The first kappa shape index (κ1) is 21.9. The minimum atomic E-state index is -2.75. The minimum Gasteiger partial charge on any atom is -0.356 e. The van der Waals surface area contributed by atoms with E-state index in [2.05, 4.69) is 20.3 Å². The molecular formula is C21H20ClF2N5O3. The van der Waals surface area contributed by atoms with E-state index in [4.69, 9.17) is 11.6 Å². The Morgan fingerprint density at radius 1 is 1.19 bits per heavy atom. The van der Waals surface area contributed by atoms with Crippen LogP contribution >= 0.6 is 11.6 Å². The number of amides is 1. The van der Waals surface area contributed by atoms with Gasteiger partial charge >= 0.3 is 5.69 Å². The van der Waals surface area contributed by atoms with Gasteiger partial charge in [-0.15, -0.1) is 0 Å². The van der Waals surface area contributed by atoms with Gasteiger partial charge in [-0.2, -0.15) is 0 Å². The Labute approximate surface area is 185 Å². The summed E-state index contributed by atoms with van der Waals surface area (Å²) in [6, 6.07) is 5.91. The van der Waals surface area contributed by atoms with Gasteiger partial charge in [0.25, 0.3) is 11.5 Å². The molecule has 0 atom stereocenters. The van der Waals surface area contributed by atoms with E-state index in [0.29, 0.717) is 17.9 Å². The van der Waals surface area contributed by atoms with Crippen LogP contribution in [0.15, 0.2) is 33.9 Å². The zero-order valence-corrected chi connectivity index (χ0v) is 17.9. The molecule has 3 aromatic rings. The summed E-state index contributed by atoms with van der Waals surface area (Å²) in [5, 5.41) is 3.23. The maximum absolute atomic E-state index is 13.8. The van der Waals surface area contributed by atoms with Crippen molar-refractivity contribution < 1.29 is 13.6 Å². The Morgan fingerprint density at radius 3 is 2.75 bits per heavy atom. The van der Waals surface area contributed by atoms with Crippen molar-refractivity contribution in [3.05, 3.63) is 61.4 Å². The van der Waals surface area contributed by atoms with Gasteiger partial charge in [0, 0.05) is 31.6 Å². The molecule has 0 bridgehead atoms. The van der Waals surface area contributed by atoms with Crippen LogP contribution in [-0.2, 0) is 0 Å². The molecule has 4 rings (SSSR count). The Balaban J connectivity index is 1.68. The van der Waals surface area contributed by atoms with E-state index >= 15 is 0 Å². The van der Waals surface area contributed by atoms with Crippen molar-refractivity contribution in [2.75, 3.05) is 23.3 Å². The maximum Gasteiger partial charge on any atom is 0.326 e. The molecule has 3 N–H and O–H groups in total. The number of carbonyl (C=O) groups excluding carboxylic acids is 1. The smallest absolute Gasteiger partial charge is 0.326 e. The third kappa shape index (κ3) is 4.50. The lowest BCUT2D eigenvalue weighted by Crippen LogP contribution is -2.29. The molecule has 8 nitrogen and oxygen atoms in total. The highest BCUT2D eigenvalue weighted by atomic mass is 35.5. The summed E-state index contributed by atoms with van der Waals surface area (Å²) < 4.78 is 27.7. The molecule has 1 amide bonds. The van der Waals surface area contributed by atoms with Crippen LogP contribution in [0.25, 0.3) is 10.9 Å². The third-order valence-corrected chi connectivity index (χ3v) is 5.77. The van der Waals surface area contributed by atoms with Crippen molar-refractivity contribution in [2.45, 2.75) is 32.1 Å². The van der Waals surface area contributed by atoms with E-state index in [-0.39, 0.29) is 53.1 Å². The number of nitrogens with one attached hydrogen (secondary N) is 3. The minimum absolute atomic E-state index is 0.0569. The largest absolute Gasteiger partial charge is 0.356 e. The second-order valence-electron chi connectivity index (χ2n) is 7.75. The number of carbonyl (C=O) groups is 1. The molecule has 0 unspecified atom stereocenters. The van der Waals surface area contributed by atoms with Gasteiger partial charge in [-0.1, -0.05) is 11.6 Å². The van der Waals surface area contributed by atoms with Crippen molar-refractivity contribution in [3.8, 4) is 0 Å². The first-order valence-electron chi connectivity index (χ1n) is 10.0. The standard InChI is InChI=1S/C21H20ClF2N5O3/c1-11-15(22)10-14(17(25-11)29-7-2-5-21(23,24)6-8-29)19(31)26-12-3-4-13-16(9-12)27-20(32)28-18(13)30/h3-4,9-10H,2,5-8H2,1H3,(H,26,31)(H2,27,28,30,32). The molecule has 1 fully saturated rings. The van der Waals surface area contributed by atoms with Crippen molar-refractivity contribution in [3.63, 3.8) is 0 Å². The molecule has 168 valence electrons. The lowest BCUT2D eigenvalue weighted by atomic mass is 10.1. The monoisotopic (exact) mass is 463 g/mol. The summed E-state index contributed by atoms with van der Waals surface area (Å²) in [4.78, 5) is 47.2. The molecule has 11 heteroatoms. The molecular weight excluding hydrogens is 444 g/mol. The molecule has 2 aromatic heterocycles. The average molecular weight is 464 g/mol. The van der Waals surface area contributed by atoms with Gasteiger partial charge in [0.2, 0.25) is 5.92 Å². The lowest BCUT2D eigenvalue weighted by molar-refractivity contribution is -0.0102. The molecule has 1 saturated heterocycles. The normalized spacial score (nSPS) is 16.1. The topological polar surface area (TPSA) is 111 Å². The van der Waals surface area contributed by atoms with E-state index in [1.165, 1.54) is 24.3 Å². The highest BCUT2D eigenvalue weighted by Gasteiger charge is 2.33. The van der Waals surface area contributed by atoms with E-state index in [1.807, 2.05) is 0 Å². The average Bonchev–Trinajstić information content (AvgIpc) is 2.89. The van der Waals surface area contributed by atoms with Gasteiger partial charge in [-0.3, -0.25) is 14.6 Å². The number of halogens is 3. The maximum atomic E-state index is 13.8. The molecule has 32 heavy (non-hydrogen) atoms. The highest BCUT2D eigenvalue weighted by Crippen LogP contribution is 2.32. The van der Waals surface area contributed by atoms with E-state index in [1.54, 1.807) is 11.8 Å².